The fourth-order valence-electron chi connectivity index (χ4n) is 8.96. The zero-order chi connectivity index (χ0) is 20.3. The molecule has 11 unspecified atom stereocenters. The quantitative estimate of drug-likeness (QED) is 0.467. The topological polar surface area (TPSA) is 31.6 Å². The Morgan fingerprint density at radius 2 is 1.65 bits per heavy atom. The number of hydrogen-bond acceptors (Lipinski definition) is 3. The summed E-state index contributed by atoms with van der Waals surface area (Å²) in [5.74, 6) is 4.33. The monoisotopic (exact) mass is 438 g/mol. The molecular formula is C26H33NO3P+. The van der Waals surface area contributed by atoms with E-state index in [2.05, 4.69) is 36.0 Å². The Hall–Kier alpha value is -1.12. The van der Waals surface area contributed by atoms with Crippen molar-refractivity contribution in [2.24, 2.45) is 30.7 Å². The van der Waals surface area contributed by atoms with Crippen molar-refractivity contribution in [2.45, 2.75) is 86.9 Å². The van der Waals surface area contributed by atoms with Crippen LogP contribution in [-0.2, 0) is 21.0 Å². The smallest absolute Gasteiger partial charge is 0.279 e. The average Bonchev–Trinajstić information content (AvgIpc) is 3.34. The van der Waals surface area contributed by atoms with Crippen LogP contribution in [0.3, 0.4) is 0 Å². The number of hydrogen-bond donors (Lipinski definition) is 0. The van der Waals surface area contributed by atoms with Crippen LogP contribution in [0.5, 0.6) is 0 Å². The van der Waals surface area contributed by atoms with Crippen LogP contribution in [0, 0.1) is 23.7 Å². The summed E-state index contributed by atoms with van der Waals surface area (Å²) in [6.07, 6.45) is 13.9. The number of rotatable bonds is 1. The van der Waals surface area contributed by atoms with E-state index in [1.807, 2.05) is 0 Å². The Morgan fingerprint density at radius 3 is 2.52 bits per heavy atom. The Kier molecular flexibility index (Phi) is 3.83. The van der Waals surface area contributed by atoms with Crippen LogP contribution in [0.1, 0.15) is 63.0 Å². The maximum Gasteiger partial charge on any atom is 0.279 e. The molecule has 0 bridgehead atoms. The van der Waals surface area contributed by atoms with Gasteiger partial charge in [0.15, 0.2) is 11.9 Å². The van der Waals surface area contributed by atoms with Crippen molar-refractivity contribution in [3.8, 4) is 0 Å². The van der Waals surface area contributed by atoms with Crippen molar-refractivity contribution in [1.82, 2.24) is 0 Å². The molecule has 0 spiro atoms. The number of aryl methyl sites for hydroxylation is 1. The Morgan fingerprint density at radius 1 is 0.839 bits per heavy atom. The third-order valence-electron chi connectivity index (χ3n) is 10.0. The number of ether oxygens (including phenoxy) is 2. The van der Waals surface area contributed by atoms with E-state index in [-0.39, 0.29) is 0 Å². The lowest BCUT2D eigenvalue weighted by molar-refractivity contribution is -0.680. The predicted molar refractivity (Wildman–Crippen MR) is 117 cm³/mol. The highest BCUT2D eigenvalue weighted by Crippen LogP contribution is 2.76. The molecule has 3 saturated carbocycles. The summed E-state index contributed by atoms with van der Waals surface area (Å²) in [4.78, 5) is 0. The molecule has 1 aromatic heterocycles. The number of nitrogens with zero attached hydrogens (tertiary/aromatic N) is 1. The van der Waals surface area contributed by atoms with E-state index < -0.39 is 8.15 Å². The van der Waals surface area contributed by atoms with Gasteiger partial charge in [0, 0.05) is 49.0 Å². The number of aromatic nitrogens is 1. The molecule has 11 atom stereocenters. The highest BCUT2D eigenvalue weighted by atomic mass is 31.1. The second-order valence-corrected chi connectivity index (χ2v) is 13.3. The van der Waals surface area contributed by atoms with E-state index in [1.54, 1.807) is 5.57 Å². The molecule has 0 amide bonds. The third kappa shape index (κ3) is 2.32. The Bertz CT molecular complexity index is 964. The van der Waals surface area contributed by atoms with Gasteiger partial charge in [-0.2, -0.15) is 0 Å². The van der Waals surface area contributed by atoms with E-state index in [4.69, 9.17) is 14.0 Å². The fourth-order valence-corrected chi connectivity index (χ4v) is 13.0. The molecule has 0 radical (unpaired) electrons. The second-order valence-electron chi connectivity index (χ2n) is 11.2. The molecule has 8 rings (SSSR count). The van der Waals surface area contributed by atoms with Gasteiger partial charge in [0.05, 0.1) is 12.0 Å². The summed E-state index contributed by atoms with van der Waals surface area (Å²) in [6.45, 7) is 0. The lowest BCUT2D eigenvalue weighted by Crippen LogP contribution is -2.58. The fraction of sp³-hybridized carbons (Fsp3) is 0.731. The van der Waals surface area contributed by atoms with Crippen molar-refractivity contribution in [1.29, 1.82) is 0 Å². The molecule has 1 aromatic rings. The van der Waals surface area contributed by atoms with Gasteiger partial charge in [-0.3, -0.25) is 0 Å². The first kappa shape index (κ1) is 18.3. The first-order valence-electron chi connectivity index (χ1n) is 12.8. The summed E-state index contributed by atoms with van der Waals surface area (Å²) in [5, 5.41) is 0. The van der Waals surface area contributed by atoms with Crippen LogP contribution in [0.2, 0.25) is 0 Å². The maximum atomic E-state index is 7.30. The summed E-state index contributed by atoms with van der Waals surface area (Å²) in [6, 6.07) is 6.76. The summed E-state index contributed by atoms with van der Waals surface area (Å²) in [7, 11) is 1.75. The van der Waals surface area contributed by atoms with Crippen molar-refractivity contribution in [2.75, 3.05) is 0 Å². The minimum Gasteiger partial charge on any atom is -0.461 e. The van der Waals surface area contributed by atoms with Gasteiger partial charge in [-0.1, -0.05) is 18.9 Å². The zero-order valence-corrected chi connectivity index (χ0v) is 19.3. The summed E-state index contributed by atoms with van der Waals surface area (Å²) in [5.41, 5.74) is 4.41. The normalized spacial score (nSPS) is 50.9. The first-order valence-corrected chi connectivity index (χ1v) is 14.2. The summed E-state index contributed by atoms with van der Waals surface area (Å²) < 4.78 is 22.8. The molecule has 3 aliphatic carbocycles. The second kappa shape index (κ2) is 6.48. The van der Waals surface area contributed by atoms with Crippen LogP contribution in [0.4, 0.5) is 0 Å². The molecule has 4 aliphatic heterocycles. The molecule has 31 heavy (non-hydrogen) atoms. The van der Waals surface area contributed by atoms with Gasteiger partial charge in [0.2, 0.25) is 0 Å². The van der Waals surface area contributed by atoms with Gasteiger partial charge in [0.1, 0.15) is 19.3 Å². The van der Waals surface area contributed by atoms with Crippen molar-refractivity contribution in [3.05, 3.63) is 41.6 Å². The Labute approximate surface area is 186 Å². The lowest BCUT2D eigenvalue weighted by Gasteiger charge is -2.61. The molecule has 0 N–H and O–H groups in total. The van der Waals surface area contributed by atoms with Crippen LogP contribution < -0.4 is 4.57 Å². The highest BCUT2D eigenvalue weighted by molar-refractivity contribution is 7.54. The van der Waals surface area contributed by atoms with E-state index >= 15 is 0 Å². The molecule has 0 aromatic carbocycles. The summed E-state index contributed by atoms with van der Waals surface area (Å²) >= 11 is 0. The van der Waals surface area contributed by atoms with E-state index in [9.17, 15) is 0 Å². The van der Waals surface area contributed by atoms with E-state index in [1.165, 1.54) is 50.6 Å². The van der Waals surface area contributed by atoms with Gasteiger partial charge >= 0.3 is 0 Å². The van der Waals surface area contributed by atoms with Gasteiger partial charge in [-0.05, 0) is 50.4 Å². The molecule has 5 fully saturated rings. The van der Waals surface area contributed by atoms with Gasteiger partial charge in [-0.15, -0.1) is 0 Å². The molecule has 2 saturated heterocycles. The van der Waals surface area contributed by atoms with Gasteiger partial charge in [-0.25, -0.2) is 4.57 Å². The standard InChI is InChI=1S/C26H33NO3P/c1-27-13-5-4-7-17(27)16-10-12-20-22-23-21-19(28-26(23)29-20)11-9-15-14-6-2-3-8-18(14)30-31(24(15)21)25(16)22/h4-5,7,13-16,18-22,24-25H,2-3,6,8-12H2,1H3/q+1. The molecule has 164 valence electrons. The minimum absolute atomic E-state index is 0.331. The minimum atomic E-state index is -0.477. The number of pyridine rings is 1. The zero-order valence-electron chi connectivity index (χ0n) is 18.4. The van der Waals surface area contributed by atoms with E-state index in [0.717, 1.165) is 24.2 Å². The third-order valence-corrected chi connectivity index (χ3v) is 13.1. The lowest BCUT2D eigenvalue weighted by atomic mass is 9.63. The van der Waals surface area contributed by atoms with Crippen molar-refractivity contribution >= 4 is 8.15 Å². The number of fused-ring (bicyclic) bond motifs is 3. The Balaban J connectivity index is 1.29. The predicted octanol–water partition coefficient (Wildman–Crippen LogP) is 4.78. The SMILES string of the molecule is C[n+]1ccccc1C1CCC2OC3=C4C2C1P1OC2CCCCC2C2CCC(O3)C4C21. The maximum absolute atomic E-state index is 7.30. The van der Waals surface area contributed by atoms with Crippen LogP contribution >= 0.6 is 8.15 Å². The van der Waals surface area contributed by atoms with Crippen LogP contribution in [0.25, 0.3) is 0 Å². The van der Waals surface area contributed by atoms with E-state index in [0.29, 0.717) is 47.4 Å². The molecule has 5 heteroatoms. The molecule has 5 heterocycles. The van der Waals surface area contributed by atoms with Crippen molar-refractivity contribution < 1.29 is 18.6 Å². The first-order chi connectivity index (χ1) is 15.3. The van der Waals surface area contributed by atoms with Gasteiger partial charge < -0.3 is 14.0 Å². The average molecular weight is 439 g/mol. The molecule has 4 nitrogen and oxygen atoms in total. The van der Waals surface area contributed by atoms with Crippen molar-refractivity contribution in [3.63, 3.8) is 0 Å². The van der Waals surface area contributed by atoms with Gasteiger partial charge in [0.25, 0.3) is 5.95 Å². The molecule has 7 aliphatic rings. The van der Waals surface area contributed by atoms with Crippen LogP contribution in [-0.4, -0.2) is 29.6 Å². The highest BCUT2D eigenvalue weighted by Gasteiger charge is 2.69. The molecular weight excluding hydrogens is 405 g/mol. The largest absolute Gasteiger partial charge is 0.461 e. The van der Waals surface area contributed by atoms with Crippen LogP contribution in [0.15, 0.2) is 35.9 Å².